The summed E-state index contributed by atoms with van der Waals surface area (Å²) in [5, 5.41) is 9.98. The number of carbonyl (C=O) groups is 1. The fourth-order valence-electron chi connectivity index (χ4n) is 4.31. The molecule has 1 aliphatic heterocycles. The highest BCUT2D eigenvalue weighted by Gasteiger charge is 2.45. The van der Waals surface area contributed by atoms with Gasteiger partial charge in [0, 0.05) is 27.4 Å². The minimum Gasteiger partial charge on any atom is -0.384 e. The van der Waals surface area contributed by atoms with E-state index in [2.05, 4.69) is 6.07 Å². The van der Waals surface area contributed by atoms with Crippen molar-refractivity contribution in [3.05, 3.63) is 74.6 Å². The number of carbonyl (C=O) groups excluding carboxylic acids is 1. The van der Waals surface area contributed by atoms with Crippen molar-refractivity contribution in [1.82, 2.24) is 0 Å². The standard InChI is InChI=1S/C23H22FN3OS/c1-13-7-8-19(29-13)20-16(12-25)22(26)27(15-6-4-5-14(24)9-15)17-10-23(2,3)11-18(28)21(17)20/h4-9,20H,10-11,26H2,1-3H3. The maximum Gasteiger partial charge on any atom is 0.162 e. The smallest absolute Gasteiger partial charge is 0.162 e. The fourth-order valence-corrected chi connectivity index (χ4v) is 5.31. The van der Waals surface area contributed by atoms with Gasteiger partial charge < -0.3 is 5.73 Å². The molecule has 0 saturated carbocycles. The molecule has 0 spiro atoms. The SMILES string of the molecule is Cc1ccc(C2C(C#N)=C(N)N(c3cccc(F)c3)C3=C2C(=O)CC(C)(C)C3)s1. The summed E-state index contributed by atoms with van der Waals surface area (Å²) < 4.78 is 14.0. The third-order valence-electron chi connectivity index (χ3n) is 5.49. The van der Waals surface area contributed by atoms with Crippen LogP contribution in [0.2, 0.25) is 0 Å². The van der Waals surface area contributed by atoms with Gasteiger partial charge in [-0.1, -0.05) is 19.9 Å². The average Bonchev–Trinajstić information content (AvgIpc) is 3.05. The maximum atomic E-state index is 14.0. The Morgan fingerprint density at radius 3 is 2.66 bits per heavy atom. The molecule has 1 atom stereocenters. The molecule has 2 aromatic rings. The highest BCUT2D eigenvalue weighted by molar-refractivity contribution is 7.12. The Kier molecular flexibility index (Phi) is 4.59. The van der Waals surface area contributed by atoms with Gasteiger partial charge in [0.15, 0.2) is 5.78 Å². The van der Waals surface area contributed by atoms with E-state index in [0.29, 0.717) is 29.7 Å². The van der Waals surface area contributed by atoms with Crippen LogP contribution >= 0.6 is 11.3 Å². The van der Waals surface area contributed by atoms with Crippen molar-refractivity contribution >= 4 is 22.8 Å². The van der Waals surface area contributed by atoms with Gasteiger partial charge >= 0.3 is 0 Å². The number of hydrogen-bond acceptors (Lipinski definition) is 5. The molecule has 4 rings (SSSR count). The molecule has 2 aliphatic rings. The summed E-state index contributed by atoms with van der Waals surface area (Å²) in [7, 11) is 0. The lowest BCUT2D eigenvalue weighted by Crippen LogP contribution is -2.42. The van der Waals surface area contributed by atoms with Gasteiger partial charge in [0.2, 0.25) is 0 Å². The van der Waals surface area contributed by atoms with Crippen LogP contribution < -0.4 is 10.6 Å². The Morgan fingerprint density at radius 2 is 2.03 bits per heavy atom. The van der Waals surface area contributed by atoms with Crippen LogP contribution in [0.1, 0.15) is 42.4 Å². The van der Waals surface area contributed by atoms with E-state index in [1.807, 2.05) is 32.9 Å². The van der Waals surface area contributed by atoms with Gasteiger partial charge in [-0.2, -0.15) is 5.26 Å². The molecule has 29 heavy (non-hydrogen) atoms. The second kappa shape index (κ2) is 6.85. The summed E-state index contributed by atoms with van der Waals surface area (Å²) in [6, 6.07) is 12.3. The van der Waals surface area contributed by atoms with E-state index in [9.17, 15) is 14.4 Å². The first-order valence-corrected chi connectivity index (χ1v) is 10.3. The molecule has 1 aromatic carbocycles. The summed E-state index contributed by atoms with van der Waals surface area (Å²) in [5.74, 6) is -0.581. The van der Waals surface area contributed by atoms with Crippen molar-refractivity contribution in [2.75, 3.05) is 4.90 Å². The van der Waals surface area contributed by atoms with Gasteiger partial charge in [0.25, 0.3) is 0 Å². The molecule has 0 radical (unpaired) electrons. The summed E-state index contributed by atoms with van der Waals surface area (Å²) in [5.41, 5.74) is 8.50. The number of halogens is 1. The molecule has 2 heterocycles. The van der Waals surface area contributed by atoms with Gasteiger partial charge in [0.05, 0.1) is 23.2 Å². The van der Waals surface area contributed by atoms with Crippen molar-refractivity contribution in [2.45, 2.75) is 39.5 Å². The van der Waals surface area contributed by atoms with E-state index in [4.69, 9.17) is 5.73 Å². The minimum absolute atomic E-state index is 0.0222. The van der Waals surface area contributed by atoms with Crippen molar-refractivity contribution < 1.29 is 9.18 Å². The van der Waals surface area contributed by atoms with Crippen LogP contribution in [0.25, 0.3) is 0 Å². The molecule has 2 N–H and O–H groups in total. The number of nitrogens with two attached hydrogens (primary N) is 1. The Balaban J connectivity index is 2.00. The second-order valence-corrected chi connectivity index (χ2v) is 9.73. The summed E-state index contributed by atoms with van der Waals surface area (Å²) in [6.07, 6.45) is 1.02. The van der Waals surface area contributed by atoms with Crippen molar-refractivity contribution in [3.8, 4) is 6.07 Å². The van der Waals surface area contributed by atoms with E-state index in [1.54, 1.807) is 28.4 Å². The number of aryl methyl sites for hydroxylation is 1. The summed E-state index contributed by atoms with van der Waals surface area (Å²) in [6.45, 7) is 6.08. The normalized spacial score (nSPS) is 21.3. The number of anilines is 1. The van der Waals surface area contributed by atoms with Gasteiger partial charge in [0.1, 0.15) is 11.6 Å². The number of Topliss-reactive ketones (excluding diaryl/α,β-unsaturated/α-hetero) is 1. The summed E-state index contributed by atoms with van der Waals surface area (Å²) >= 11 is 1.57. The molecule has 6 heteroatoms. The molecule has 1 aromatic heterocycles. The first-order valence-electron chi connectivity index (χ1n) is 9.50. The zero-order valence-electron chi connectivity index (χ0n) is 16.6. The molecule has 148 valence electrons. The average molecular weight is 408 g/mol. The number of ketones is 1. The van der Waals surface area contributed by atoms with Crippen LogP contribution in [-0.2, 0) is 4.79 Å². The zero-order chi connectivity index (χ0) is 20.9. The molecule has 0 fully saturated rings. The Morgan fingerprint density at radius 1 is 1.28 bits per heavy atom. The van der Waals surface area contributed by atoms with Gasteiger partial charge in [-0.25, -0.2) is 4.39 Å². The van der Waals surface area contributed by atoms with E-state index >= 15 is 0 Å². The first-order chi connectivity index (χ1) is 13.7. The van der Waals surface area contributed by atoms with Gasteiger partial charge in [-0.15, -0.1) is 11.3 Å². The lowest BCUT2D eigenvalue weighted by molar-refractivity contribution is -0.118. The monoisotopic (exact) mass is 407 g/mol. The molecule has 0 saturated heterocycles. The highest BCUT2D eigenvalue weighted by Crippen LogP contribution is 2.51. The van der Waals surface area contributed by atoms with Crippen LogP contribution in [0.15, 0.2) is 59.1 Å². The van der Waals surface area contributed by atoms with E-state index < -0.39 is 11.7 Å². The molecule has 1 unspecified atom stereocenters. The van der Waals surface area contributed by atoms with Crippen LogP contribution in [0, 0.1) is 29.5 Å². The Hall–Kier alpha value is -2.91. The highest BCUT2D eigenvalue weighted by atomic mass is 32.1. The van der Waals surface area contributed by atoms with Crippen molar-refractivity contribution in [1.29, 1.82) is 5.26 Å². The quantitative estimate of drug-likeness (QED) is 0.749. The Bertz CT molecular complexity index is 1120. The third-order valence-corrected chi connectivity index (χ3v) is 6.56. The van der Waals surface area contributed by atoms with Crippen molar-refractivity contribution in [3.63, 3.8) is 0 Å². The number of allylic oxidation sites excluding steroid dienone is 3. The maximum absolute atomic E-state index is 14.0. The largest absolute Gasteiger partial charge is 0.384 e. The minimum atomic E-state index is -0.470. The van der Waals surface area contributed by atoms with Crippen LogP contribution in [-0.4, -0.2) is 5.78 Å². The molecule has 0 amide bonds. The predicted molar refractivity (Wildman–Crippen MR) is 113 cm³/mol. The van der Waals surface area contributed by atoms with E-state index in [-0.39, 0.29) is 17.0 Å². The number of nitriles is 1. The molecular weight excluding hydrogens is 385 g/mol. The van der Waals surface area contributed by atoms with Crippen LogP contribution in [0.4, 0.5) is 10.1 Å². The van der Waals surface area contributed by atoms with Crippen molar-refractivity contribution in [2.24, 2.45) is 11.1 Å². The molecular formula is C23H22FN3OS. The van der Waals surface area contributed by atoms with Gasteiger partial charge in [-0.05, 0) is 49.1 Å². The lowest BCUT2D eigenvalue weighted by Gasteiger charge is -2.43. The topological polar surface area (TPSA) is 70.1 Å². The number of rotatable bonds is 2. The second-order valence-electron chi connectivity index (χ2n) is 8.41. The van der Waals surface area contributed by atoms with E-state index in [0.717, 1.165) is 15.5 Å². The molecule has 1 aliphatic carbocycles. The molecule has 0 bridgehead atoms. The number of thiophene rings is 1. The lowest BCUT2D eigenvalue weighted by atomic mass is 9.69. The third kappa shape index (κ3) is 3.26. The number of hydrogen-bond donors (Lipinski definition) is 1. The first kappa shape index (κ1) is 19.4. The van der Waals surface area contributed by atoms with Crippen LogP contribution in [0.5, 0.6) is 0 Å². The summed E-state index contributed by atoms with van der Waals surface area (Å²) in [4.78, 5) is 17.1. The number of benzene rings is 1. The van der Waals surface area contributed by atoms with E-state index in [1.165, 1.54) is 12.1 Å². The van der Waals surface area contributed by atoms with Gasteiger partial charge in [-0.3, -0.25) is 9.69 Å². The molecule has 4 nitrogen and oxygen atoms in total. The van der Waals surface area contributed by atoms with Crippen LogP contribution in [0.3, 0.4) is 0 Å². The fraction of sp³-hybridized carbons (Fsp3) is 0.304. The number of nitrogens with zero attached hydrogens (tertiary/aromatic N) is 2. The zero-order valence-corrected chi connectivity index (χ0v) is 17.4. The predicted octanol–water partition coefficient (Wildman–Crippen LogP) is 5.14. The Labute approximate surface area is 173 Å².